The van der Waals surface area contributed by atoms with Gasteiger partial charge in [0.15, 0.2) is 12.6 Å². The third-order valence-corrected chi connectivity index (χ3v) is 3.51. The highest BCUT2D eigenvalue weighted by Crippen LogP contribution is 2.34. The Kier molecular flexibility index (Phi) is 6.09. The van der Waals surface area contributed by atoms with Gasteiger partial charge in [-0.3, -0.25) is 0 Å². The Hall–Kier alpha value is -0.120. The molecule has 1 heterocycles. The van der Waals surface area contributed by atoms with Crippen molar-refractivity contribution in [3.63, 3.8) is 0 Å². The summed E-state index contributed by atoms with van der Waals surface area (Å²) in [6.07, 6.45) is 0.997. The van der Waals surface area contributed by atoms with Gasteiger partial charge in [-0.1, -0.05) is 41.5 Å². The molecular weight excluding hydrogens is 228 g/mol. The van der Waals surface area contributed by atoms with Crippen molar-refractivity contribution in [2.45, 2.75) is 73.1 Å². The molecule has 0 spiro atoms. The van der Waals surface area contributed by atoms with E-state index in [2.05, 4.69) is 41.5 Å². The average Bonchev–Trinajstić information content (AvgIpc) is 2.12. The van der Waals surface area contributed by atoms with E-state index >= 15 is 0 Å². The van der Waals surface area contributed by atoms with Crippen molar-refractivity contribution in [3.8, 4) is 0 Å². The van der Waals surface area contributed by atoms with E-state index in [9.17, 15) is 5.11 Å². The van der Waals surface area contributed by atoms with Crippen molar-refractivity contribution in [1.29, 1.82) is 0 Å². The molecule has 1 aliphatic heterocycles. The van der Waals surface area contributed by atoms with Crippen LogP contribution in [-0.2, 0) is 9.47 Å². The predicted octanol–water partition coefficient (Wildman–Crippen LogP) is 3.41. The molecule has 0 amide bonds. The van der Waals surface area contributed by atoms with Gasteiger partial charge in [-0.2, -0.15) is 0 Å². The quantitative estimate of drug-likeness (QED) is 0.821. The van der Waals surface area contributed by atoms with E-state index in [4.69, 9.17) is 9.47 Å². The van der Waals surface area contributed by atoms with Crippen molar-refractivity contribution >= 4 is 0 Å². The molecule has 0 bridgehead atoms. The van der Waals surface area contributed by atoms with E-state index in [0.717, 1.165) is 12.8 Å². The highest BCUT2D eigenvalue weighted by Gasteiger charge is 2.40. The summed E-state index contributed by atoms with van der Waals surface area (Å²) in [7, 11) is 0. The third kappa shape index (κ3) is 4.52. The number of rotatable bonds is 5. The maximum absolute atomic E-state index is 10.2. The molecule has 0 radical (unpaired) electrons. The van der Waals surface area contributed by atoms with Crippen molar-refractivity contribution in [1.82, 2.24) is 0 Å². The van der Waals surface area contributed by atoms with E-state index in [0.29, 0.717) is 17.8 Å². The topological polar surface area (TPSA) is 38.7 Å². The van der Waals surface area contributed by atoms with Crippen LogP contribution in [0.25, 0.3) is 0 Å². The van der Waals surface area contributed by atoms with Crippen LogP contribution in [0.2, 0.25) is 0 Å². The highest BCUT2D eigenvalue weighted by molar-refractivity contribution is 4.81. The fourth-order valence-electron chi connectivity index (χ4n) is 2.68. The molecule has 0 aromatic carbocycles. The molecule has 0 aliphatic carbocycles. The Morgan fingerprint density at radius 2 is 1.44 bits per heavy atom. The highest BCUT2D eigenvalue weighted by atomic mass is 16.7. The molecular formula is C15H30O3. The second-order valence-electron chi connectivity index (χ2n) is 6.71. The van der Waals surface area contributed by atoms with Crippen molar-refractivity contribution in [2.75, 3.05) is 0 Å². The molecule has 1 aliphatic rings. The number of aliphatic hydroxyl groups excluding tert-OH is 1. The maximum Gasteiger partial charge on any atom is 0.163 e. The smallest absolute Gasteiger partial charge is 0.163 e. The van der Waals surface area contributed by atoms with Crippen molar-refractivity contribution in [2.24, 2.45) is 23.7 Å². The number of hydrogen-bond acceptors (Lipinski definition) is 3. The molecule has 0 saturated carbocycles. The summed E-state index contributed by atoms with van der Waals surface area (Å²) < 4.78 is 11.7. The van der Waals surface area contributed by atoms with Crippen LogP contribution in [0.4, 0.5) is 0 Å². The van der Waals surface area contributed by atoms with Crippen LogP contribution in [-0.4, -0.2) is 23.8 Å². The minimum absolute atomic E-state index is 0.0795. The summed E-state index contributed by atoms with van der Waals surface area (Å²) in [6.45, 7) is 12.9. The first-order chi connectivity index (χ1) is 8.31. The molecule has 0 aromatic rings. The molecule has 18 heavy (non-hydrogen) atoms. The molecule has 4 unspecified atom stereocenters. The van der Waals surface area contributed by atoms with Crippen LogP contribution in [0.1, 0.15) is 54.4 Å². The minimum Gasteiger partial charge on any atom is -0.367 e. The van der Waals surface area contributed by atoms with Crippen molar-refractivity contribution in [3.05, 3.63) is 0 Å². The lowest BCUT2D eigenvalue weighted by Crippen LogP contribution is -2.49. The molecule has 3 nitrogen and oxygen atoms in total. The SMILES string of the molecule is CC(C)CC1OC(O)C(C(C)C)C(CC(C)C)O1. The van der Waals surface area contributed by atoms with Crippen LogP contribution < -0.4 is 0 Å². The van der Waals surface area contributed by atoms with Gasteiger partial charge in [0, 0.05) is 12.3 Å². The van der Waals surface area contributed by atoms with Crippen LogP contribution >= 0.6 is 0 Å². The van der Waals surface area contributed by atoms with Gasteiger partial charge < -0.3 is 14.6 Å². The van der Waals surface area contributed by atoms with Gasteiger partial charge in [0.25, 0.3) is 0 Å². The van der Waals surface area contributed by atoms with Crippen LogP contribution in [0.5, 0.6) is 0 Å². The Balaban J connectivity index is 2.71. The first kappa shape index (κ1) is 15.9. The third-order valence-electron chi connectivity index (χ3n) is 3.51. The maximum atomic E-state index is 10.2. The lowest BCUT2D eigenvalue weighted by atomic mass is 9.84. The van der Waals surface area contributed by atoms with Crippen LogP contribution in [0.15, 0.2) is 0 Å². The molecule has 3 heteroatoms. The summed E-state index contributed by atoms with van der Waals surface area (Å²) >= 11 is 0. The second-order valence-corrected chi connectivity index (χ2v) is 6.71. The lowest BCUT2D eigenvalue weighted by Gasteiger charge is -2.42. The standard InChI is InChI=1S/C15H30O3/c1-9(2)7-12-14(11(5)6)15(16)18-13(17-12)8-10(3)4/h9-16H,7-8H2,1-6H3. The predicted molar refractivity (Wildman–Crippen MR) is 73.0 cm³/mol. The first-order valence-corrected chi connectivity index (χ1v) is 7.30. The molecule has 108 valence electrons. The van der Waals surface area contributed by atoms with Gasteiger partial charge in [-0.15, -0.1) is 0 Å². The van der Waals surface area contributed by atoms with E-state index in [1.807, 2.05) is 0 Å². The average molecular weight is 258 g/mol. The molecule has 1 rings (SSSR count). The zero-order valence-corrected chi connectivity index (χ0v) is 12.7. The van der Waals surface area contributed by atoms with Gasteiger partial charge >= 0.3 is 0 Å². The largest absolute Gasteiger partial charge is 0.367 e. The van der Waals surface area contributed by atoms with E-state index in [-0.39, 0.29) is 18.3 Å². The summed E-state index contributed by atoms with van der Waals surface area (Å²) in [5.41, 5.74) is 0. The number of aliphatic hydroxyl groups is 1. The lowest BCUT2D eigenvalue weighted by molar-refractivity contribution is -0.332. The second kappa shape index (κ2) is 6.88. The summed E-state index contributed by atoms with van der Waals surface area (Å²) in [4.78, 5) is 0. The normalized spacial score (nSPS) is 33.7. The van der Waals surface area contributed by atoms with Crippen LogP contribution in [0, 0.1) is 23.7 Å². The molecule has 1 fully saturated rings. The van der Waals surface area contributed by atoms with Gasteiger partial charge in [0.2, 0.25) is 0 Å². The summed E-state index contributed by atoms with van der Waals surface area (Å²) in [6, 6.07) is 0. The minimum atomic E-state index is -0.689. The van der Waals surface area contributed by atoms with E-state index in [1.54, 1.807) is 0 Å². The number of hydrogen-bond donors (Lipinski definition) is 1. The Bertz CT molecular complexity index is 238. The monoisotopic (exact) mass is 258 g/mol. The zero-order chi connectivity index (χ0) is 13.9. The molecule has 1 N–H and O–H groups in total. The summed E-state index contributed by atoms with van der Waals surface area (Å²) in [5.74, 6) is 1.53. The zero-order valence-electron chi connectivity index (χ0n) is 12.7. The number of ether oxygens (including phenoxy) is 2. The van der Waals surface area contributed by atoms with Gasteiger partial charge in [-0.05, 0) is 24.2 Å². The molecule has 4 atom stereocenters. The van der Waals surface area contributed by atoms with Crippen molar-refractivity contribution < 1.29 is 14.6 Å². The van der Waals surface area contributed by atoms with E-state index in [1.165, 1.54) is 0 Å². The Labute approximate surface area is 112 Å². The van der Waals surface area contributed by atoms with Gasteiger partial charge in [-0.25, -0.2) is 0 Å². The first-order valence-electron chi connectivity index (χ1n) is 7.30. The Morgan fingerprint density at radius 1 is 0.889 bits per heavy atom. The fraction of sp³-hybridized carbons (Fsp3) is 1.00. The summed E-state index contributed by atoms with van der Waals surface area (Å²) in [5, 5.41) is 10.2. The Morgan fingerprint density at radius 3 is 1.89 bits per heavy atom. The van der Waals surface area contributed by atoms with Gasteiger partial charge in [0.1, 0.15) is 0 Å². The molecule has 0 aromatic heterocycles. The molecule has 1 saturated heterocycles. The van der Waals surface area contributed by atoms with Crippen LogP contribution in [0.3, 0.4) is 0 Å². The van der Waals surface area contributed by atoms with E-state index < -0.39 is 6.29 Å². The van der Waals surface area contributed by atoms with Gasteiger partial charge in [0.05, 0.1) is 6.10 Å². The fourth-order valence-corrected chi connectivity index (χ4v) is 2.68.